The lowest BCUT2D eigenvalue weighted by Crippen LogP contribution is -1.97. The Bertz CT molecular complexity index is 305. The number of alkyl halides is 2. The van der Waals surface area contributed by atoms with Crippen LogP contribution in [-0.2, 0) is 0 Å². The van der Waals surface area contributed by atoms with Gasteiger partial charge in [0.2, 0.25) is 0 Å². The first-order valence-electron chi connectivity index (χ1n) is 2.81. The average Bonchev–Trinajstić information content (AvgIpc) is 1.97. The Morgan fingerprint density at radius 1 is 1.50 bits per heavy atom. The zero-order chi connectivity index (χ0) is 9.30. The third kappa shape index (κ3) is 1.90. The van der Waals surface area contributed by atoms with E-state index in [1.807, 2.05) is 0 Å². The highest BCUT2D eigenvalue weighted by atomic mass is 127. The molecule has 0 aliphatic carbocycles. The predicted octanol–water partition coefficient (Wildman–Crippen LogP) is 3.53. The summed E-state index contributed by atoms with van der Waals surface area (Å²) in [4.78, 5) is 3.55. The van der Waals surface area contributed by atoms with E-state index in [1.54, 1.807) is 22.6 Å². The summed E-state index contributed by atoms with van der Waals surface area (Å²) in [5.74, 6) is -0.910. The Labute approximate surface area is 88.6 Å². The maximum absolute atomic E-state index is 13.0. The van der Waals surface area contributed by atoms with Crippen LogP contribution in [0.1, 0.15) is 12.0 Å². The molecule has 0 aliphatic rings. The molecule has 0 saturated carbocycles. The van der Waals surface area contributed by atoms with Crippen molar-refractivity contribution < 1.29 is 13.2 Å². The normalized spacial score (nSPS) is 10.8. The van der Waals surface area contributed by atoms with Crippen molar-refractivity contribution in [2.75, 3.05) is 0 Å². The zero-order valence-electron chi connectivity index (χ0n) is 5.49. The highest BCUT2D eigenvalue weighted by Gasteiger charge is 2.20. The third-order valence-electron chi connectivity index (χ3n) is 1.18. The SMILES string of the molecule is Fc1c(I)cnc(Br)c1C(F)F. The molecule has 1 rings (SSSR count). The zero-order valence-corrected chi connectivity index (χ0v) is 9.24. The number of hydrogen-bond donors (Lipinski definition) is 0. The molecule has 0 fully saturated rings. The minimum absolute atomic E-state index is 0.0890. The van der Waals surface area contributed by atoms with Gasteiger partial charge in [0.1, 0.15) is 10.4 Å². The van der Waals surface area contributed by atoms with E-state index in [1.165, 1.54) is 6.20 Å². The van der Waals surface area contributed by atoms with Gasteiger partial charge in [0, 0.05) is 6.20 Å². The molecule has 0 bridgehead atoms. The molecule has 0 atom stereocenters. The van der Waals surface area contributed by atoms with E-state index in [4.69, 9.17) is 0 Å². The smallest absolute Gasteiger partial charge is 0.248 e. The highest BCUT2D eigenvalue weighted by Crippen LogP contribution is 2.30. The van der Waals surface area contributed by atoms with Crippen LogP contribution in [0.2, 0.25) is 0 Å². The third-order valence-corrected chi connectivity index (χ3v) is 2.56. The minimum Gasteiger partial charge on any atom is -0.248 e. The van der Waals surface area contributed by atoms with Crippen molar-refractivity contribution in [3.63, 3.8) is 0 Å². The molecular weight excluding hydrogens is 350 g/mol. The van der Waals surface area contributed by atoms with E-state index in [0.717, 1.165) is 0 Å². The fraction of sp³-hybridized carbons (Fsp3) is 0.167. The van der Waals surface area contributed by atoms with Gasteiger partial charge in [-0.1, -0.05) is 0 Å². The Morgan fingerprint density at radius 2 is 2.08 bits per heavy atom. The van der Waals surface area contributed by atoms with E-state index in [-0.39, 0.29) is 8.17 Å². The van der Waals surface area contributed by atoms with E-state index in [0.29, 0.717) is 0 Å². The lowest BCUT2D eigenvalue weighted by atomic mass is 10.3. The average molecular weight is 352 g/mol. The van der Waals surface area contributed by atoms with Crippen LogP contribution >= 0.6 is 38.5 Å². The van der Waals surface area contributed by atoms with Gasteiger partial charge >= 0.3 is 0 Å². The van der Waals surface area contributed by atoms with Crippen LogP contribution in [0.15, 0.2) is 10.8 Å². The first kappa shape index (κ1) is 10.2. The van der Waals surface area contributed by atoms with Gasteiger partial charge in [-0.3, -0.25) is 0 Å². The molecule has 1 aromatic rings. The summed E-state index contributed by atoms with van der Waals surface area (Å²) in [5, 5.41) is 0. The first-order valence-corrected chi connectivity index (χ1v) is 4.68. The Kier molecular flexibility index (Phi) is 3.33. The van der Waals surface area contributed by atoms with Crippen LogP contribution in [0, 0.1) is 9.39 Å². The summed E-state index contributed by atoms with van der Waals surface area (Å²) in [6, 6.07) is 0. The monoisotopic (exact) mass is 351 g/mol. The van der Waals surface area contributed by atoms with Crippen molar-refractivity contribution >= 4 is 38.5 Å². The molecule has 12 heavy (non-hydrogen) atoms. The highest BCUT2D eigenvalue weighted by molar-refractivity contribution is 14.1. The molecule has 0 N–H and O–H groups in total. The summed E-state index contributed by atoms with van der Waals surface area (Å²) >= 11 is 4.36. The Morgan fingerprint density at radius 3 is 2.50 bits per heavy atom. The maximum atomic E-state index is 13.0. The molecule has 1 heterocycles. The molecule has 66 valence electrons. The fourth-order valence-corrected chi connectivity index (χ4v) is 1.52. The van der Waals surface area contributed by atoms with E-state index < -0.39 is 17.8 Å². The molecule has 6 heteroatoms. The number of hydrogen-bond acceptors (Lipinski definition) is 1. The van der Waals surface area contributed by atoms with Gasteiger partial charge in [-0.2, -0.15) is 0 Å². The predicted molar refractivity (Wildman–Crippen MR) is 49.6 cm³/mol. The summed E-state index contributed by atoms with van der Waals surface area (Å²) < 4.78 is 37.2. The van der Waals surface area contributed by atoms with E-state index in [9.17, 15) is 13.2 Å². The van der Waals surface area contributed by atoms with Gasteiger partial charge in [-0.05, 0) is 38.5 Å². The van der Waals surface area contributed by atoms with Crippen LogP contribution in [0.3, 0.4) is 0 Å². The minimum atomic E-state index is -2.85. The van der Waals surface area contributed by atoms with Crippen LogP contribution in [0.5, 0.6) is 0 Å². The van der Waals surface area contributed by atoms with Crippen LogP contribution in [0.25, 0.3) is 0 Å². The van der Waals surface area contributed by atoms with Crippen molar-refractivity contribution in [2.45, 2.75) is 6.43 Å². The summed E-state index contributed by atoms with van der Waals surface area (Å²) in [6.07, 6.45) is -1.66. The number of rotatable bonds is 1. The van der Waals surface area contributed by atoms with Crippen molar-refractivity contribution in [2.24, 2.45) is 0 Å². The molecule has 1 nitrogen and oxygen atoms in total. The van der Waals surface area contributed by atoms with Gasteiger partial charge in [-0.15, -0.1) is 0 Å². The van der Waals surface area contributed by atoms with Crippen LogP contribution in [0.4, 0.5) is 13.2 Å². The second-order valence-corrected chi connectivity index (χ2v) is 3.84. The fourth-order valence-electron chi connectivity index (χ4n) is 0.645. The van der Waals surface area contributed by atoms with Crippen molar-refractivity contribution in [3.8, 4) is 0 Å². The van der Waals surface area contributed by atoms with Crippen molar-refractivity contribution in [1.82, 2.24) is 4.98 Å². The second-order valence-electron chi connectivity index (χ2n) is 1.93. The van der Waals surface area contributed by atoms with Crippen molar-refractivity contribution in [1.29, 1.82) is 0 Å². The lowest BCUT2D eigenvalue weighted by molar-refractivity contribution is 0.144. The largest absolute Gasteiger partial charge is 0.269 e. The van der Waals surface area contributed by atoms with E-state index in [2.05, 4.69) is 20.9 Å². The molecule has 0 aliphatic heterocycles. The number of nitrogens with zero attached hydrogens (tertiary/aromatic N) is 1. The molecule has 0 aromatic carbocycles. The number of halogens is 5. The van der Waals surface area contributed by atoms with Crippen LogP contribution < -0.4 is 0 Å². The standard InChI is InChI=1S/C6H2BrF3IN/c7-5-3(6(9)10)4(8)2(11)1-12-5/h1,6H. The van der Waals surface area contributed by atoms with Gasteiger partial charge in [-0.25, -0.2) is 18.2 Å². The lowest BCUT2D eigenvalue weighted by Gasteiger charge is -2.04. The van der Waals surface area contributed by atoms with Gasteiger partial charge in [0.15, 0.2) is 0 Å². The molecular formula is C6H2BrF3IN. The summed E-state index contributed by atoms with van der Waals surface area (Å²) in [7, 11) is 0. The quantitative estimate of drug-likeness (QED) is 0.557. The van der Waals surface area contributed by atoms with E-state index >= 15 is 0 Å². The Hall–Kier alpha value is 0.150. The van der Waals surface area contributed by atoms with Gasteiger partial charge < -0.3 is 0 Å². The maximum Gasteiger partial charge on any atom is 0.269 e. The second kappa shape index (κ2) is 3.91. The molecule has 0 radical (unpaired) electrons. The molecule has 0 spiro atoms. The van der Waals surface area contributed by atoms with Gasteiger partial charge in [0.05, 0.1) is 9.13 Å². The molecule has 0 amide bonds. The number of aromatic nitrogens is 1. The first-order chi connectivity index (χ1) is 5.54. The molecule has 0 saturated heterocycles. The topological polar surface area (TPSA) is 12.9 Å². The Balaban J connectivity index is 3.33. The molecule has 0 unspecified atom stereocenters. The summed E-state index contributed by atoms with van der Waals surface area (Å²) in [5.41, 5.74) is -0.679. The number of pyridine rings is 1. The van der Waals surface area contributed by atoms with Gasteiger partial charge in [0.25, 0.3) is 6.43 Å². The van der Waals surface area contributed by atoms with Crippen LogP contribution in [-0.4, -0.2) is 4.98 Å². The summed E-state index contributed by atoms with van der Waals surface area (Å²) in [6.45, 7) is 0. The van der Waals surface area contributed by atoms with Crippen molar-refractivity contribution in [3.05, 3.63) is 25.8 Å². The molecule has 1 aromatic heterocycles.